The number of rotatable bonds is 9. The molecule has 0 aliphatic heterocycles. The van der Waals surface area contributed by atoms with E-state index in [1.807, 2.05) is 20.8 Å². The van der Waals surface area contributed by atoms with Gasteiger partial charge in [-0.1, -0.05) is 12.8 Å². The zero-order chi connectivity index (χ0) is 18.3. The lowest BCUT2D eigenvalue weighted by atomic mass is 9.97. The molecule has 148 valence electrons. The van der Waals surface area contributed by atoms with Crippen molar-refractivity contribution in [1.82, 2.24) is 5.32 Å². The first-order valence-corrected chi connectivity index (χ1v) is 9.18. The molecule has 6 nitrogen and oxygen atoms in total. The number of benzene rings is 1. The third-order valence-corrected chi connectivity index (χ3v) is 4.50. The maximum atomic E-state index is 12.8. The van der Waals surface area contributed by atoms with E-state index in [0.29, 0.717) is 49.2 Å². The summed E-state index contributed by atoms with van der Waals surface area (Å²) in [6.45, 7) is 7.58. The molecule has 0 bridgehead atoms. The van der Waals surface area contributed by atoms with E-state index in [4.69, 9.17) is 19.9 Å². The Morgan fingerprint density at radius 2 is 1.54 bits per heavy atom. The maximum Gasteiger partial charge on any atom is 0.252 e. The number of amides is 1. The SMILES string of the molecule is CCOc1cc(C(=O)NC2(CN)CCCC2)cc(OCC)c1OCC.Cl. The molecule has 3 N–H and O–H groups in total. The summed E-state index contributed by atoms with van der Waals surface area (Å²) in [5.41, 5.74) is 6.13. The number of halogens is 1. The molecule has 0 heterocycles. The quantitative estimate of drug-likeness (QED) is 0.680. The van der Waals surface area contributed by atoms with Crippen LogP contribution in [0.25, 0.3) is 0 Å². The van der Waals surface area contributed by atoms with E-state index >= 15 is 0 Å². The Morgan fingerprint density at radius 1 is 1.04 bits per heavy atom. The monoisotopic (exact) mass is 386 g/mol. The first kappa shape index (κ1) is 22.4. The Labute approximate surface area is 162 Å². The number of hydrogen-bond donors (Lipinski definition) is 2. The molecule has 1 amide bonds. The lowest BCUT2D eigenvalue weighted by Gasteiger charge is -2.29. The minimum Gasteiger partial charge on any atom is -0.490 e. The minimum absolute atomic E-state index is 0. The van der Waals surface area contributed by atoms with Crippen LogP contribution in [0, 0.1) is 0 Å². The normalized spacial score (nSPS) is 15.1. The lowest BCUT2D eigenvalue weighted by molar-refractivity contribution is 0.0902. The number of carbonyl (C=O) groups excluding carboxylic acids is 1. The summed E-state index contributed by atoms with van der Waals surface area (Å²) in [7, 11) is 0. The number of hydrogen-bond acceptors (Lipinski definition) is 5. The molecule has 0 aromatic heterocycles. The van der Waals surface area contributed by atoms with Crippen molar-refractivity contribution < 1.29 is 19.0 Å². The predicted molar refractivity (Wildman–Crippen MR) is 105 cm³/mol. The third kappa shape index (κ3) is 5.17. The molecule has 1 aliphatic carbocycles. The Bertz CT molecular complexity index is 562. The zero-order valence-electron chi connectivity index (χ0n) is 15.9. The molecular formula is C19H31ClN2O4. The van der Waals surface area contributed by atoms with Gasteiger partial charge in [-0.15, -0.1) is 12.4 Å². The van der Waals surface area contributed by atoms with Gasteiger partial charge in [-0.25, -0.2) is 0 Å². The molecule has 1 aliphatic rings. The van der Waals surface area contributed by atoms with Gasteiger partial charge in [0.05, 0.1) is 25.4 Å². The van der Waals surface area contributed by atoms with Crippen molar-refractivity contribution in [2.75, 3.05) is 26.4 Å². The molecule has 0 atom stereocenters. The summed E-state index contributed by atoms with van der Waals surface area (Å²) >= 11 is 0. The summed E-state index contributed by atoms with van der Waals surface area (Å²) in [4.78, 5) is 12.8. The van der Waals surface area contributed by atoms with Crippen molar-refractivity contribution in [3.8, 4) is 17.2 Å². The van der Waals surface area contributed by atoms with Gasteiger partial charge in [-0.2, -0.15) is 0 Å². The van der Waals surface area contributed by atoms with Gasteiger partial charge >= 0.3 is 0 Å². The number of nitrogens with two attached hydrogens (primary N) is 1. The summed E-state index contributed by atoms with van der Waals surface area (Å²) in [5.74, 6) is 1.43. The average molecular weight is 387 g/mol. The zero-order valence-corrected chi connectivity index (χ0v) is 16.7. The molecule has 1 saturated carbocycles. The fourth-order valence-corrected chi connectivity index (χ4v) is 3.26. The van der Waals surface area contributed by atoms with E-state index in [0.717, 1.165) is 25.7 Å². The van der Waals surface area contributed by atoms with Crippen LogP contribution in [-0.2, 0) is 0 Å². The van der Waals surface area contributed by atoms with E-state index < -0.39 is 0 Å². The van der Waals surface area contributed by atoms with Gasteiger partial charge in [0.25, 0.3) is 5.91 Å². The smallest absolute Gasteiger partial charge is 0.252 e. The van der Waals surface area contributed by atoms with Crippen molar-refractivity contribution in [3.05, 3.63) is 17.7 Å². The van der Waals surface area contributed by atoms with Crippen LogP contribution >= 0.6 is 12.4 Å². The van der Waals surface area contributed by atoms with Gasteiger partial charge in [0.15, 0.2) is 11.5 Å². The van der Waals surface area contributed by atoms with Crippen LogP contribution in [0.2, 0.25) is 0 Å². The highest BCUT2D eigenvalue weighted by Gasteiger charge is 2.34. The van der Waals surface area contributed by atoms with Gasteiger partial charge in [0.2, 0.25) is 5.75 Å². The number of carbonyl (C=O) groups is 1. The fraction of sp³-hybridized carbons (Fsp3) is 0.632. The van der Waals surface area contributed by atoms with Gasteiger partial charge in [0.1, 0.15) is 0 Å². The van der Waals surface area contributed by atoms with Crippen LogP contribution in [0.4, 0.5) is 0 Å². The molecule has 1 fully saturated rings. The van der Waals surface area contributed by atoms with Gasteiger partial charge < -0.3 is 25.3 Å². The Morgan fingerprint density at radius 3 is 1.96 bits per heavy atom. The van der Waals surface area contributed by atoms with Crippen molar-refractivity contribution in [3.63, 3.8) is 0 Å². The second-order valence-electron chi connectivity index (χ2n) is 6.25. The first-order chi connectivity index (χ1) is 12.1. The minimum atomic E-state index is -0.298. The van der Waals surface area contributed by atoms with Gasteiger partial charge in [-0.3, -0.25) is 4.79 Å². The lowest BCUT2D eigenvalue weighted by Crippen LogP contribution is -2.51. The van der Waals surface area contributed by atoms with E-state index in [9.17, 15) is 4.79 Å². The fourth-order valence-electron chi connectivity index (χ4n) is 3.26. The van der Waals surface area contributed by atoms with Crippen LogP contribution in [-0.4, -0.2) is 37.8 Å². The first-order valence-electron chi connectivity index (χ1n) is 9.18. The number of nitrogens with one attached hydrogen (secondary N) is 1. The maximum absolute atomic E-state index is 12.8. The Hall–Kier alpha value is -1.66. The van der Waals surface area contributed by atoms with Crippen molar-refractivity contribution in [2.45, 2.75) is 52.0 Å². The summed E-state index contributed by atoms with van der Waals surface area (Å²) < 4.78 is 17.0. The van der Waals surface area contributed by atoms with Crippen LogP contribution in [0.5, 0.6) is 17.2 Å². The molecule has 0 saturated heterocycles. The van der Waals surface area contributed by atoms with E-state index in [-0.39, 0.29) is 23.9 Å². The summed E-state index contributed by atoms with van der Waals surface area (Å²) in [5, 5.41) is 3.13. The molecule has 1 aromatic rings. The molecule has 0 unspecified atom stereocenters. The third-order valence-electron chi connectivity index (χ3n) is 4.50. The summed E-state index contributed by atoms with van der Waals surface area (Å²) in [6.07, 6.45) is 4.02. The second kappa shape index (κ2) is 10.5. The van der Waals surface area contributed by atoms with Crippen LogP contribution < -0.4 is 25.3 Å². The second-order valence-corrected chi connectivity index (χ2v) is 6.25. The van der Waals surface area contributed by atoms with Crippen LogP contribution in [0.15, 0.2) is 12.1 Å². The van der Waals surface area contributed by atoms with Gasteiger partial charge in [0, 0.05) is 12.1 Å². The average Bonchev–Trinajstić information content (AvgIpc) is 3.07. The number of ether oxygens (including phenoxy) is 3. The van der Waals surface area contributed by atoms with Crippen molar-refractivity contribution >= 4 is 18.3 Å². The molecule has 1 aromatic carbocycles. The topological polar surface area (TPSA) is 82.8 Å². The Balaban J connectivity index is 0.00000338. The van der Waals surface area contributed by atoms with E-state index in [1.165, 1.54) is 0 Å². The van der Waals surface area contributed by atoms with Crippen molar-refractivity contribution in [2.24, 2.45) is 5.73 Å². The van der Waals surface area contributed by atoms with E-state index in [2.05, 4.69) is 5.32 Å². The van der Waals surface area contributed by atoms with Crippen molar-refractivity contribution in [1.29, 1.82) is 0 Å². The molecule has 26 heavy (non-hydrogen) atoms. The standard InChI is InChI=1S/C19H30N2O4.ClH/c1-4-23-15-11-14(12-16(24-5-2)17(15)25-6-3)18(22)21-19(13-20)9-7-8-10-19;/h11-12H,4-10,13,20H2,1-3H3,(H,21,22);1H. The highest BCUT2D eigenvalue weighted by Crippen LogP contribution is 2.39. The molecule has 0 spiro atoms. The highest BCUT2D eigenvalue weighted by atomic mass is 35.5. The summed E-state index contributed by atoms with van der Waals surface area (Å²) in [6, 6.07) is 3.43. The largest absolute Gasteiger partial charge is 0.490 e. The molecule has 2 rings (SSSR count). The van der Waals surface area contributed by atoms with E-state index in [1.54, 1.807) is 12.1 Å². The van der Waals surface area contributed by atoms with Crippen LogP contribution in [0.3, 0.4) is 0 Å². The Kier molecular flexibility index (Phi) is 9.02. The molecule has 7 heteroatoms. The highest BCUT2D eigenvalue weighted by molar-refractivity contribution is 5.96. The van der Waals surface area contributed by atoms with Crippen LogP contribution in [0.1, 0.15) is 56.8 Å². The molecular weight excluding hydrogens is 356 g/mol. The van der Waals surface area contributed by atoms with Gasteiger partial charge in [-0.05, 0) is 45.7 Å². The predicted octanol–water partition coefficient (Wildman–Crippen LogP) is 3.31. The molecule has 0 radical (unpaired) electrons.